The molecule has 94 valence electrons. The summed E-state index contributed by atoms with van der Waals surface area (Å²) in [7, 11) is 0. The van der Waals surface area contributed by atoms with Gasteiger partial charge in [0.1, 0.15) is 0 Å². The van der Waals surface area contributed by atoms with Crippen molar-refractivity contribution in [2.45, 2.75) is 13.0 Å². The molecule has 0 spiro atoms. The number of aliphatic carboxylic acids is 1. The summed E-state index contributed by atoms with van der Waals surface area (Å²) in [4.78, 5) is 12.5. The van der Waals surface area contributed by atoms with Crippen molar-refractivity contribution >= 4 is 5.97 Å². The maximum absolute atomic E-state index is 11.0. The molecule has 2 aromatic rings. The molecule has 0 bridgehead atoms. The number of rotatable bonds is 5. The Kier molecular flexibility index (Phi) is 3.69. The zero-order chi connectivity index (χ0) is 13.0. The van der Waals surface area contributed by atoms with Gasteiger partial charge in [-0.25, -0.2) is 4.79 Å². The summed E-state index contributed by atoms with van der Waals surface area (Å²) in [6, 6.07) is 6.91. The van der Waals surface area contributed by atoms with Gasteiger partial charge in [0.2, 0.25) is 0 Å². The van der Waals surface area contributed by atoms with Crippen LogP contribution >= 0.6 is 0 Å². The van der Waals surface area contributed by atoms with Crippen molar-refractivity contribution in [1.29, 1.82) is 0 Å². The fourth-order valence-electron chi connectivity index (χ4n) is 1.61. The molecule has 1 atom stereocenters. The second kappa shape index (κ2) is 5.42. The summed E-state index contributed by atoms with van der Waals surface area (Å²) in [5, 5.41) is 17.0. The minimum absolute atomic E-state index is 0.347. The highest BCUT2D eigenvalue weighted by Crippen LogP contribution is 2.19. The lowest BCUT2D eigenvalue weighted by Crippen LogP contribution is -2.15. The fraction of sp³-hybridized carbons (Fsp3) is 0.250. The average molecular weight is 247 g/mol. The molecule has 6 heteroatoms. The Bertz CT molecular complexity index is 508. The lowest BCUT2D eigenvalue weighted by atomic mass is 10.1. The SMILES string of the molecule is CCOC(C(=O)O)c1ccc(-n2nccn2)cc1. The first-order valence-electron chi connectivity index (χ1n) is 5.53. The first-order valence-corrected chi connectivity index (χ1v) is 5.53. The summed E-state index contributed by atoms with van der Waals surface area (Å²) in [5.41, 5.74) is 1.37. The van der Waals surface area contributed by atoms with E-state index >= 15 is 0 Å². The smallest absolute Gasteiger partial charge is 0.337 e. The molecule has 0 radical (unpaired) electrons. The van der Waals surface area contributed by atoms with Crippen LogP contribution in [-0.2, 0) is 9.53 Å². The Morgan fingerprint density at radius 1 is 1.33 bits per heavy atom. The molecule has 18 heavy (non-hydrogen) atoms. The van der Waals surface area contributed by atoms with Crippen molar-refractivity contribution in [3.8, 4) is 5.69 Å². The zero-order valence-corrected chi connectivity index (χ0v) is 9.85. The third-order valence-corrected chi connectivity index (χ3v) is 2.40. The predicted octanol–water partition coefficient (Wildman–Crippen LogP) is 1.43. The molecule has 0 aliphatic carbocycles. The van der Waals surface area contributed by atoms with Gasteiger partial charge in [0, 0.05) is 6.61 Å². The Morgan fingerprint density at radius 3 is 2.44 bits per heavy atom. The van der Waals surface area contributed by atoms with Crippen molar-refractivity contribution in [2.75, 3.05) is 6.61 Å². The average Bonchev–Trinajstić information content (AvgIpc) is 2.90. The van der Waals surface area contributed by atoms with Gasteiger partial charge in [-0.1, -0.05) is 12.1 Å². The first kappa shape index (κ1) is 12.3. The molecule has 0 saturated carbocycles. The lowest BCUT2D eigenvalue weighted by Gasteiger charge is -2.12. The number of carbonyl (C=O) groups is 1. The van der Waals surface area contributed by atoms with E-state index in [0.717, 1.165) is 5.69 Å². The summed E-state index contributed by atoms with van der Waals surface area (Å²) in [6.45, 7) is 2.11. The van der Waals surface area contributed by atoms with Gasteiger partial charge in [0.15, 0.2) is 6.10 Å². The van der Waals surface area contributed by atoms with Crippen molar-refractivity contribution in [3.63, 3.8) is 0 Å². The number of hydrogen-bond donors (Lipinski definition) is 1. The summed E-state index contributed by atoms with van der Waals surface area (Å²) in [6.07, 6.45) is 2.22. The number of nitrogens with zero attached hydrogens (tertiary/aromatic N) is 3. The van der Waals surface area contributed by atoms with E-state index < -0.39 is 12.1 Å². The van der Waals surface area contributed by atoms with Crippen LogP contribution in [0.2, 0.25) is 0 Å². The van der Waals surface area contributed by atoms with Gasteiger partial charge in [0.25, 0.3) is 0 Å². The summed E-state index contributed by atoms with van der Waals surface area (Å²) < 4.78 is 5.18. The molecule has 0 aliphatic rings. The minimum atomic E-state index is -0.998. The van der Waals surface area contributed by atoms with Gasteiger partial charge in [-0.15, -0.1) is 0 Å². The van der Waals surface area contributed by atoms with Gasteiger partial charge < -0.3 is 9.84 Å². The van der Waals surface area contributed by atoms with E-state index in [2.05, 4.69) is 10.2 Å². The van der Waals surface area contributed by atoms with Crippen LogP contribution in [0.3, 0.4) is 0 Å². The van der Waals surface area contributed by atoms with Crippen molar-refractivity contribution in [2.24, 2.45) is 0 Å². The normalized spacial score (nSPS) is 12.3. The molecule has 0 saturated heterocycles. The third-order valence-electron chi connectivity index (χ3n) is 2.40. The molecule has 0 amide bonds. The molecule has 1 aromatic heterocycles. The Labute approximate surface area is 104 Å². The standard InChI is InChI=1S/C12H13N3O3/c1-2-18-11(12(16)17)9-3-5-10(6-4-9)15-13-7-8-14-15/h3-8,11H,2H2,1H3,(H,16,17). The quantitative estimate of drug-likeness (QED) is 0.864. The van der Waals surface area contributed by atoms with Crippen molar-refractivity contribution in [1.82, 2.24) is 15.0 Å². The van der Waals surface area contributed by atoms with Crippen LogP contribution in [0, 0.1) is 0 Å². The predicted molar refractivity (Wildman–Crippen MR) is 63.4 cm³/mol. The van der Waals surface area contributed by atoms with E-state index in [1.54, 1.807) is 43.6 Å². The lowest BCUT2D eigenvalue weighted by molar-refractivity contribution is -0.150. The molecule has 0 fully saturated rings. The molecule has 1 aromatic carbocycles. The van der Waals surface area contributed by atoms with Crippen LogP contribution < -0.4 is 0 Å². The Hall–Kier alpha value is -2.21. The van der Waals surface area contributed by atoms with E-state index in [0.29, 0.717) is 12.2 Å². The van der Waals surface area contributed by atoms with Crippen molar-refractivity contribution < 1.29 is 14.6 Å². The highest BCUT2D eigenvalue weighted by atomic mass is 16.5. The van der Waals surface area contributed by atoms with E-state index in [1.807, 2.05) is 0 Å². The minimum Gasteiger partial charge on any atom is -0.479 e. The highest BCUT2D eigenvalue weighted by molar-refractivity contribution is 5.74. The maximum Gasteiger partial charge on any atom is 0.337 e. The van der Waals surface area contributed by atoms with Crippen LogP contribution in [0.5, 0.6) is 0 Å². The maximum atomic E-state index is 11.0. The Balaban J connectivity index is 2.23. The van der Waals surface area contributed by atoms with Crippen LogP contribution in [0.25, 0.3) is 5.69 Å². The number of carboxylic acids is 1. The summed E-state index contributed by atoms with van der Waals surface area (Å²) >= 11 is 0. The van der Waals surface area contributed by atoms with Gasteiger partial charge in [0.05, 0.1) is 18.1 Å². The van der Waals surface area contributed by atoms with Gasteiger partial charge >= 0.3 is 5.97 Å². The zero-order valence-electron chi connectivity index (χ0n) is 9.85. The fourth-order valence-corrected chi connectivity index (χ4v) is 1.61. The van der Waals surface area contributed by atoms with Gasteiger partial charge in [-0.3, -0.25) is 0 Å². The number of aromatic nitrogens is 3. The third kappa shape index (κ3) is 2.54. The molecular formula is C12H13N3O3. The highest BCUT2D eigenvalue weighted by Gasteiger charge is 2.19. The first-order chi connectivity index (χ1) is 8.72. The Morgan fingerprint density at radius 2 is 1.94 bits per heavy atom. The van der Waals surface area contributed by atoms with E-state index in [1.165, 1.54) is 4.80 Å². The monoisotopic (exact) mass is 247 g/mol. The van der Waals surface area contributed by atoms with E-state index in [4.69, 9.17) is 9.84 Å². The van der Waals surface area contributed by atoms with Crippen LogP contribution in [-0.4, -0.2) is 32.7 Å². The second-order valence-electron chi connectivity index (χ2n) is 3.58. The summed E-state index contributed by atoms with van der Waals surface area (Å²) in [5.74, 6) is -0.998. The largest absolute Gasteiger partial charge is 0.479 e. The van der Waals surface area contributed by atoms with Crippen molar-refractivity contribution in [3.05, 3.63) is 42.2 Å². The molecule has 6 nitrogen and oxygen atoms in total. The van der Waals surface area contributed by atoms with Crippen LogP contribution in [0.15, 0.2) is 36.7 Å². The molecule has 1 unspecified atom stereocenters. The van der Waals surface area contributed by atoms with Gasteiger partial charge in [-0.05, 0) is 24.6 Å². The number of benzene rings is 1. The molecule has 1 heterocycles. The van der Waals surface area contributed by atoms with E-state index in [-0.39, 0.29) is 0 Å². The second-order valence-corrected chi connectivity index (χ2v) is 3.58. The van der Waals surface area contributed by atoms with Crippen LogP contribution in [0.4, 0.5) is 0 Å². The molecule has 1 N–H and O–H groups in total. The number of hydrogen-bond acceptors (Lipinski definition) is 4. The van der Waals surface area contributed by atoms with Gasteiger partial charge in [-0.2, -0.15) is 15.0 Å². The van der Waals surface area contributed by atoms with Crippen LogP contribution in [0.1, 0.15) is 18.6 Å². The topological polar surface area (TPSA) is 77.2 Å². The molecule has 2 rings (SSSR count). The number of carboxylic acid groups (broad SMARTS) is 1. The molecular weight excluding hydrogens is 234 g/mol. The number of ether oxygens (including phenoxy) is 1. The van der Waals surface area contributed by atoms with E-state index in [9.17, 15) is 4.79 Å². The molecule has 0 aliphatic heterocycles.